The minimum Gasteiger partial charge on any atom is -0.267 e. The van der Waals surface area contributed by atoms with E-state index < -0.39 is 23.0 Å². The Morgan fingerprint density at radius 1 is 1.14 bits per heavy atom. The summed E-state index contributed by atoms with van der Waals surface area (Å²) in [5, 5.41) is 4.95. The zero-order valence-electron chi connectivity index (χ0n) is 14.9. The monoisotopic (exact) mass is 380 g/mol. The molecule has 7 heteroatoms. The second kappa shape index (κ2) is 5.82. The first-order valence-electron chi connectivity index (χ1n) is 7.52. The summed E-state index contributed by atoms with van der Waals surface area (Å²) >= 11 is 13.9. The Balaban J connectivity index is 3.31. The molecule has 0 aliphatic carbocycles. The zero-order valence-corrected chi connectivity index (χ0v) is 19.4. The van der Waals surface area contributed by atoms with Gasteiger partial charge in [0, 0.05) is 22.5 Å². The number of hydrogen-bond donors (Lipinski definition) is 0. The number of allylic oxidation sites excluding steroid dienone is 1. The van der Waals surface area contributed by atoms with Gasteiger partial charge in [-0.2, -0.15) is 5.10 Å². The van der Waals surface area contributed by atoms with Crippen molar-refractivity contribution in [1.82, 2.24) is 4.67 Å². The average molecular weight is 382 g/mol. The van der Waals surface area contributed by atoms with Gasteiger partial charge in [-0.05, 0) is 0 Å². The third kappa shape index (κ3) is 4.70. The lowest BCUT2D eigenvalue weighted by Gasteiger charge is -2.39. The molecule has 1 rings (SSSR count). The van der Waals surface area contributed by atoms with E-state index in [0.717, 1.165) is 0 Å². The minimum atomic E-state index is -2.64. The smallest absolute Gasteiger partial charge is 0.267 e. The van der Waals surface area contributed by atoms with Gasteiger partial charge in [-0.25, -0.2) is 0 Å². The molecule has 1 unspecified atom stereocenters. The van der Waals surface area contributed by atoms with Crippen LogP contribution in [0.1, 0.15) is 20.8 Å². The molecule has 0 aromatic carbocycles. The second-order valence-electron chi connectivity index (χ2n) is 9.15. The summed E-state index contributed by atoms with van der Waals surface area (Å²) in [6, 6.07) is 0. The maximum atomic E-state index is 6.93. The first-order valence-corrected chi connectivity index (χ1v) is 18.7. The van der Waals surface area contributed by atoms with Crippen LogP contribution in [0.5, 0.6) is 0 Å². The molecule has 0 aromatic heterocycles. The van der Waals surface area contributed by atoms with Crippen LogP contribution in [0.15, 0.2) is 16.5 Å². The van der Waals surface area contributed by atoms with Crippen LogP contribution >= 0.6 is 22.2 Å². The summed E-state index contributed by atoms with van der Waals surface area (Å²) in [4.78, 5) is 0. The third-order valence-corrected chi connectivity index (χ3v) is 15.8. The third-order valence-electron chi connectivity index (χ3n) is 3.49. The van der Waals surface area contributed by atoms with E-state index in [1.165, 1.54) is 5.70 Å². The van der Waals surface area contributed by atoms with E-state index in [0.29, 0.717) is 0 Å². The molecular formula is C14H30Cl2N2Si3. The van der Waals surface area contributed by atoms with E-state index >= 15 is 0 Å². The van der Waals surface area contributed by atoms with Crippen molar-refractivity contribution in [2.75, 3.05) is 0 Å². The van der Waals surface area contributed by atoms with Gasteiger partial charge in [0.25, 0.3) is 0 Å². The molecule has 122 valence electrons. The summed E-state index contributed by atoms with van der Waals surface area (Å²) in [5.74, 6) is 0. The van der Waals surface area contributed by atoms with E-state index in [4.69, 9.17) is 22.2 Å². The summed E-state index contributed by atoms with van der Waals surface area (Å²) in [6.45, 7) is 18.0. The van der Waals surface area contributed by atoms with E-state index in [2.05, 4.69) is 70.9 Å². The number of nitrogens with zero attached hydrogens (tertiary/aromatic N) is 2. The molecule has 1 aliphatic rings. The van der Waals surface area contributed by atoms with Crippen molar-refractivity contribution in [1.29, 1.82) is 0 Å². The highest BCUT2D eigenvalue weighted by Crippen LogP contribution is 2.47. The summed E-state index contributed by atoms with van der Waals surface area (Å²) in [7, 11) is -2.86. The van der Waals surface area contributed by atoms with Crippen molar-refractivity contribution in [3.63, 3.8) is 0 Å². The zero-order chi connectivity index (χ0) is 16.9. The van der Waals surface area contributed by atoms with Crippen LogP contribution in [0, 0.1) is 5.41 Å². The fraction of sp³-hybridized carbons (Fsp3) is 0.786. The number of halogens is 2. The molecule has 1 aliphatic heterocycles. The van der Waals surface area contributed by atoms with Gasteiger partial charge in [0.05, 0.1) is 16.1 Å². The number of hydrazone groups is 1. The molecule has 0 aromatic rings. The van der Waals surface area contributed by atoms with Gasteiger partial charge in [0.2, 0.25) is 0 Å². The van der Waals surface area contributed by atoms with Gasteiger partial charge in [0.15, 0.2) is 0 Å². The van der Waals surface area contributed by atoms with Gasteiger partial charge in [0.1, 0.15) is 0 Å². The molecule has 0 amide bonds. The van der Waals surface area contributed by atoms with Crippen LogP contribution in [-0.4, -0.2) is 33.9 Å². The molecule has 0 fully saturated rings. The normalized spacial score (nSPS) is 23.9. The Kier molecular flexibility index (Phi) is 5.40. The van der Waals surface area contributed by atoms with E-state index in [9.17, 15) is 0 Å². The molecule has 21 heavy (non-hydrogen) atoms. The first-order chi connectivity index (χ1) is 9.07. The SMILES string of the molecule is CC(C)(C)/C(=C/[Si](C)(C)C)N1N=CC([Si](C)(C)C)[Si]1(Cl)Cl. The maximum Gasteiger partial charge on any atom is 0.378 e. The molecule has 0 spiro atoms. The molecule has 0 bridgehead atoms. The predicted molar refractivity (Wildman–Crippen MR) is 106 cm³/mol. The molecule has 1 atom stereocenters. The number of rotatable bonds is 3. The van der Waals surface area contributed by atoms with Crippen LogP contribution in [0.4, 0.5) is 0 Å². The van der Waals surface area contributed by atoms with Gasteiger partial charge in [-0.3, -0.25) is 4.67 Å². The standard InChI is InChI=1S/C14H30Cl2N2Si3/c1-14(2,3)12(11-19(4,5)6)18-17-10-13(20(7,8)9)21(18,15)16/h10-11,13H,1-9H3/b12-11-. The molecule has 2 nitrogen and oxygen atoms in total. The van der Waals surface area contributed by atoms with Crippen molar-refractivity contribution in [3.8, 4) is 0 Å². The number of hydrogen-bond acceptors (Lipinski definition) is 2. The van der Waals surface area contributed by atoms with Crippen molar-refractivity contribution in [3.05, 3.63) is 11.4 Å². The predicted octanol–water partition coefficient (Wildman–Crippen LogP) is 5.76. The highest BCUT2D eigenvalue weighted by molar-refractivity contribution is 7.48. The fourth-order valence-electron chi connectivity index (χ4n) is 2.40. The lowest BCUT2D eigenvalue weighted by Crippen LogP contribution is -2.50. The lowest BCUT2D eigenvalue weighted by atomic mass is 9.93. The van der Waals surface area contributed by atoms with Crippen LogP contribution in [-0.2, 0) is 0 Å². The molecule has 0 N–H and O–H groups in total. The van der Waals surface area contributed by atoms with Crippen LogP contribution in [0.3, 0.4) is 0 Å². The Morgan fingerprint density at radius 2 is 1.62 bits per heavy atom. The van der Waals surface area contributed by atoms with E-state index in [1.54, 1.807) is 0 Å². The quantitative estimate of drug-likeness (QED) is 0.448. The second-order valence-corrected chi connectivity index (χ2v) is 26.4. The van der Waals surface area contributed by atoms with Gasteiger partial charge >= 0.3 is 6.86 Å². The molecule has 0 saturated carbocycles. The molecule has 0 radical (unpaired) electrons. The highest BCUT2D eigenvalue weighted by Gasteiger charge is 2.55. The summed E-state index contributed by atoms with van der Waals surface area (Å²) < 4.78 is 2.01. The van der Waals surface area contributed by atoms with Crippen molar-refractivity contribution in [2.24, 2.45) is 10.5 Å². The van der Waals surface area contributed by atoms with E-state index in [-0.39, 0.29) is 10.6 Å². The summed E-state index contributed by atoms with van der Waals surface area (Å²) in [5.41, 5.74) is 3.60. The Labute approximate surface area is 143 Å². The minimum absolute atomic E-state index is 0.00597. The van der Waals surface area contributed by atoms with Crippen LogP contribution in [0.2, 0.25) is 44.4 Å². The maximum absolute atomic E-state index is 6.93. The average Bonchev–Trinajstić information content (AvgIpc) is 2.46. The molecular weight excluding hydrogens is 351 g/mol. The molecule has 0 saturated heterocycles. The van der Waals surface area contributed by atoms with Crippen LogP contribution < -0.4 is 0 Å². The topological polar surface area (TPSA) is 15.6 Å². The van der Waals surface area contributed by atoms with Crippen molar-refractivity contribution < 1.29 is 0 Å². The fourth-order valence-corrected chi connectivity index (χ4v) is 17.4. The van der Waals surface area contributed by atoms with Crippen LogP contribution in [0.25, 0.3) is 0 Å². The van der Waals surface area contributed by atoms with E-state index in [1.807, 2.05) is 10.9 Å². The lowest BCUT2D eigenvalue weighted by molar-refractivity contribution is 0.386. The summed E-state index contributed by atoms with van der Waals surface area (Å²) in [6.07, 6.45) is 2.03. The Bertz CT molecular complexity index is 454. The molecule has 1 heterocycles. The highest BCUT2D eigenvalue weighted by atomic mass is 35.7. The van der Waals surface area contributed by atoms with Gasteiger partial charge in [-0.1, -0.05) is 65.8 Å². The first kappa shape index (κ1) is 19.5. The largest absolute Gasteiger partial charge is 0.378 e. The van der Waals surface area contributed by atoms with Crippen molar-refractivity contribution in [2.45, 2.75) is 65.2 Å². The Morgan fingerprint density at radius 3 is 1.90 bits per heavy atom. The van der Waals surface area contributed by atoms with Gasteiger partial charge in [-0.15, -0.1) is 22.2 Å². The van der Waals surface area contributed by atoms with Crippen molar-refractivity contribution >= 4 is 51.4 Å². The van der Waals surface area contributed by atoms with Gasteiger partial charge < -0.3 is 0 Å². The Hall–Kier alpha value is 0.441.